The van der Waals surface area contributed by atoms with Crippen LogP contribution in [0, 0.1) is 10.1 Å². The largest absolute Gasteiger partial charge is 0.599 e. The maximum atomic E-state index is 9.12. The molecule has 0 aromatic carbocycles. The van der Waals surface area contributed by atoms with Crippen molar-refractivity contribution < 1.29 is 4.83 Å². The third kappa shape index (κ3) is 3.46. The lowest BCUT2D eigenvalue weighted by atomic mass is 10.0. The average Bonchev–Trinajstić information content (AvgIpc) is 1.38. The topological polar surface area (TPSA) is 43.1 Å². The average molecular weight is 71.9 g/mol. The molecule has 3 nitrogen and oxygen atoms in total. The number of rotatable bonds is 1. The third-order valence-corrected chi connectivity index (χ3v) is 0.211. The lowest BCUT2D eigenvalue weighted by molar-refractivity contribution is -0.320. The fourth-order valence-electron chi connectivity index (χ4n) is 0. The molecule has 0 unspecified atom stereocenters. The van der Waals surface area contributed by atoms with E-state index in [4.69, 9.17) is 10.1 Å². The van der Waals surface area contributed by atoms with E-state index >= 15 is 0 Å². The minimum absolute atomic E-state index is 0.500. The van der Waals surface area contributed by atoms with Crippen LogP contribution in [0.15, 0.2) is 0 Å². The molecule has 0 amide bonds. The van der Waals surface area contributed by atoms with Gasteiger partial charge in [0.05, 0.1) is 0 Å². The van der Waals surface area contributed by atoms with Crippen molar-refractivity contribution in [1.82, 2.24) is 0 Å². The summed E-state index contributed by atoms with van der Waals surface area (Å²) in [7, 11) is 0.889. The fraction of sp³-hybridized carbons (Fsp3) is 1.00. The van der Waals surface area contributed by atoms with Gasteiger partial charge in [-0.3, -0.25) is 10.1 Å². The highest BCUT2D eigenvalue weighted by Gasteiger charge is 1.90. The molecule has 0 aromatic heterocycles. The second-order valence-corrected chi connectivity index (χ2v) is 0.544. The molecule has 0 N–H and O–H groups in total. The first-order valence-corrected chi connectivity index (χ1v) is 1.20. The van der Waals surface area contributed by atoms with Crippen molar-refractivity contribution in [2.75, 3.05) is 0 Å². The van der Waals surface area contributed by atoms with Crippen LogP contribution in [0.5, 0.6) is 0 Å². The highest BCUT2D eigenvalue weighted by molar-refractivity contribution is 6.22. The van der Waals surface area contributed by atoms with E-state index in [1.165, 1.54) is 6.82 Å². The van der Waals surface area contributed by atoms with Crippen molar-refractivity contribution >= 4 is 7.41 Å². The van der Waals surface area contributed by atoms with Gasteiger partial charge in [-0.15, -0.1) is 0 Å². The molecule has 0 saturated heterocycles. The van der Waals surface area contributed by atoms with Crippen LogP contribution in [0.25, 0.3) is 0 Å². The summed E-state index contributed by atoms with van der Waals surface area (Å²) in [4.78, 5) is 8.62. The van der Waals surface area contributed by atoms with Crippen molar-refractivity contribution in [2.45, 2.75) is 6.82 Å². The smallest absolute Gasteiger partial charge is 0.294 e. The van der Waals surface area contributed by atoms with Gasteiger partial charge in [-0.05, 0) is 6.82 Å². The van der Waals surface area contributed by atoms with Gasteiger partial charge >= 0.3 is 7.41 Å². The highest BCUT2D eigenvalue weighted by atomic mass is 16.6. The zero-order valence-electron chi connectivity index (χ0n) is 2.84. The van der Waals surface area contributed by atoms with E-state index in [1.807, 2.05) is 0 Å². The Balaban J connectivity index is 2.85. The quantitative estimate of drug-likeness (QED) is 0.247. The summed E-state index contributed by atoms with van der Waals surface area (Å²) >= 11 is 0. The molecule has 0 rings (SSSR count). The fourth-order valence-corrected chi connectivity index (χ4v) is 0. The van der Waals surface area contributed by atoms with Crippen LogP contribution in [-0.4, -0.2) is 12.2 Å². The maximum absolute atomic E-state index is 9.12. The van der Waals surface area contributed by atoms with Gasteiger partial charge in [-0.2, -0.15) is 0 Å². The van der Waals surface area contributed by atoms with Gasteiger partial charge in [0.1, 0.15) is 0 Å². The molecular formula is CH3BNO2. The Morgan fingerprint density at radius 3 is 2.20 bits per heavy atom. The van der Waals surface area contributed by atoms with Crippen LogP contribution in [0.3, 0.4) is 0 Å². The molecule has 27 valence electrons. The predicted molar refractivity (Wildman–Crippen MR) is 18.6 cm³/mol. The predicted octanol–water partition coefficient (Wildman–Crippen LogP) is -0.0696. The van der Waals surface area contributed by atoms with E-state index in [9.17, 15) is 0 Å². The number of nitro groups is 1. The van der Waals surface area contributed by atoms with Crippen LogP contribution in [0.4, 0.5) is 0 Å². The summed E-state index contributed by atoms with van der Waals surface area (Å²) in [6.45, 7) is 1.38. The van der Waals surface area contributed by atoms with E-state index in [0.29, 0.717) is 0 Å². The van der Waals surface area contributed by atoms with Crippen LogP contribution >= 0.6 is 0 Å². The Morgan fingerprint density at radius 2 is 2.20 bits per heavy atom. The molecule has 0 aliphatic carbocycles. The molecule has 0 aromatic rings. The first kappa shape index (κ1) is 4.46. The molecule has 0 bridgehead atoms. The Labute approximate surface area is 30.4 Å². The van der Waals surface area contributed by atoms with Crippen LogP contribution in [0.2, 0.25) is 6.82 Å². The molecule has 1 radical (unpaired) electrons. The molecular weight excluding hydrogens is 68.8 g/mol. The molecule has 4 heteroatoms. The first-order chi connectivity index (χ1) is 2.27. The summed E-state index contributed by atoms with van der Waals surface area (Å²) < 4.78 is 0. The zero-order chi connectivity index (χ0) is 4.28. The van der Waals surface area contributed by atoms with Crippen molar-refractivity contribution in [3.63, 3.8) is 0 Å². The maximum Gasteiger partial charge on any atom is 0.599 e. The summed E-state index contributed by atoms with van der Waals surface area (Å²) in [6.07, 6.45) is 0. The summed E-state index contributed by atoms with van der Waals surface area (Å²) in [6, 6.07) is 0. The van der Waals surface area contributed by atoms with Crippen molar-refractivity contribution in [3.05, 3.63) is 10.1 Å². The number of nitrogens with zero attached hydrogens (tertiary/aromatic N) is 1. The normalized spacial score (nSPS) is 6.60. The molecule has 5 heavy (non-hydrogen) atoms. The summed E-state index contributed by atoms with van der Waals surface area (Å²) in [5.74, 6) is 0. The number of hydrogen-bond acceptors (Lipinski definition) is 2. The SMILES string of the molecule is C[B][N+](=O)[O-]. The van der Waals surface area contributed by atoms with E-state index < -0.39 is 4.83 Å². The van der Waals surface area contributed by atoms with Gasteiger partial charge in [0, 0.05) is 0 Å². The lowest BCUT2D eigenvalue weighted by Gasteiger charge is -1.71. The van der Waals surface area contributed by atoms with Gasteiger partial charge in [0.15, 0.2) is 0 Å². The lowest BCUT2D eigenvalue weighted by Crippen LogP contribution is -1.97. The first-order valence-electron chi connectivity index (χ1n) is 1.20. The Kier molecular flexibility index (Phi) is 1.57. The third-order valence-electron chi connectivity index (χ3n) is 0.211. The van der Waals surface area contributed by atoms with Gasteiger partial charge in [-0.25, -0.2) is 0 Å². The van der Waals surface area contributed by atoms with E-state index in [0.717, 1.165) is 7.41 Å². The van der Waals surface area contributed by atoms with Gasteiger partial charge in [0.2, 0.25) is 0 Å². The van der Waals surface area contributed by atoms with Crippen molar-refractivity contribution in [1.29, 1.82) is 0 Å². The van der Waals surface area contributed by atoms with Crippen LogP contribution in [0.1, 0.15) is 0 Å². The van der Waals surface area contributed by atoms with Gasteiger partial charge in [-0.1, -0.05) is 4.83 Å². The molecule has 0 atom stereocenters. The number of hydrogen-bond donors (Lipinski definition) is 0. The molecule has 0 aliphatic rings. The van der Waals surface area contributed by atoms with E-state index in [1.54, 1.807) is 0 Å². The van der Waals surface area contributed by atoms with E-state index in [2.05, 4.69) is 0 Å². The summed E-state index contributed by atoms with van der Waals surface area (Å²) in [5.41, 5.74) is 0. The summed E-state index contributed by atoms with van der Waals surface area (Å²) in [5, 5.41) is 9.12. The standard InChI is InChI=1S/CH3BNO2/c1-2-3(4)5/h1H3. The molecule has 0 fully saturated rings. The molecule has 0 aliphatic heterocycles. The van der Waals surface area contributed by atoms with E-state index in [-0.39, 0.29) is 0 Å². The van der Waals surface area contributed by atoms with Crippen molar-refractivity contribution in [2.24, 2.45) is 0 Å². The zero-order valence-corrected chi connectivity index (χ0v) is 2.84. The molecule has 0 heterocycles. The molecule has 0 spiro atoms. The Morgan fingerprint density at radius 1 is 2.00 bits per heavy atom. The van der Waals surface area contributed by atoms with Crippen LogP contribution < -0.4 is 0 Å². The second kappa shape index (κ2) is 1.75. The van der Waals surface area contributed by atoms with Crippen molar-refractivity contribution in [3.8, 4) is 0 Å². The van der Waals surface area contributed by atoms with Crippen LogP contribution in [-0.2, 0) is 0 Å². The Hall–Kier alpha value is -0.535. The Bertz CT molecular complexity index is 44.9. The monoisotopic (exact) mass is 72.0 g/mol. The van der Waals surface area contributed by atoms with Gasteiger partial charge in [0.25, 0.3) is 0 Å². The second-order valence-electron chi connectivity index (χ2n) is 0.544. The molecule has 0 saturated carbocycles. The minimum atomic E-state index is -0.500. The van der Waals surface area contributed by atoms with Gasteiger partial charge < -0.3 is 0 Å². The minimum Gasteiger partial charge on any atom is -0.294 e. The highest BCUT2D eigenvalue weighted by Crippen LogP contribution is 1.53.